The molecule has 1 aromatic heterocycles. The highest BCUT2D eigenvalue weighted by atomic mass is 79.9. The van der Waals surface area contributed by atoms with E-state index in [0.29, 0.717) is 21.9 Å². The number of aliphatic hydroxyl groups is 1. The molecule has 0 amide bonds. The van der Waals surface area contributed by atoms with E-state index in [-0.39, 0.29) is 6.10 Å². The molecule has 1 unspecified atom stereocenters. The summed E-state index contributed by atoms with van der Waals surface area (Å²) >= 11 is 9.50. The average molecular weight is 357 g/mol. The molecule has 0 radical (unpaired) electrons. The van der Waals surface area contributed by atoms with Crippen LogP contribution in [0.1, 0.15) is 31.1 Å². The summed E-state index contributed by atoms with van der Waals surface area (Å²) in [5, 5.41) is 10.9. The third-order valence-corrected chi connectivity index (χ3v) is 3.50. The minimum atomic E-state index is -0.834. The van der Waals surface area contributed by atoms with Crippen molar-refractivity contribution in [3.05, 3.63) is 57.3 Å². The Kier molecular flexibility index (Phi) is 5.02. The average Bonchev–Trinajstić information content (AvgIpc) is 2.37. The van der Waals surface area contributed by atoms with E-state index in [4.69, 9.17) is 16.3 Å². The zero-order chi connectivity index (χ0) is 14.7. The van der Waals surface area contributed by atoms with Crippen molar-refractivity contribution < 1.29 is 9.84 Å². The van der Waals surface area contributed by atoms with Gasteiger partial charge in [0.15, 0.2) is 0 Å². The molecule has 20 heavy (non-hydrogen) atoms. The lowest BCUT2D eigenvalue weighted by Gasteiger charge is -2.15. The number of nitrogens with zero attached hydrogens (tertiary/aromatic N) is 1. The zero-order valence-corrected chi connectivity index (χ0v) is 13.5. The molecule has 0 fully saturated rings. The molecule has 0 saturated carbocycles. The summed E-state index contributed by atoms with van der Waals surface area (Å²) < 4.78 is 6.45. The molecule has 0 aliphatic heterocycles. The minimum Gasteiger partial charge on any atom is -0.489 e. The third kappa shape index (κ3) is 3.72. The van der Waals surface area contributed by atoms with Gasteiger partial charge in [-0.1, -0.05) is 33.6 Å². The lowest BCUT2D eigenvalue weighted by Crippen LogP contribution is -2.07. The van der Waals surface area contributed by atoms with E-state index < -0.39 is 6.10 Å². The number of aromatic nitrogens is 1. The van der Waals surface area contributed by atoms with E-state index in [1.54, 1.807) is 30.6 Å². The first-order valence-corrected chi connectivity index (χ1v) is 7.39. The highest BCUT2D eigenvalue weighted by Crippen LogP contribution is 2.31. The van der Waals surface area contributed by atoms with Crippen LogP contribution in [0.15, 0.2) is 41.1 Å². The van der Waals surface area contributed by atoms with Crippen LogP contribution in [0.2, 0.25) is 5.02 Å². The van der Waals surface area contributed by atoms with Crippen molar-refractivity contribution in [2.75, 3.05) is 0 Å². The second-order valence-corrected chi connectivity index (χ2v) is 6.01. The number of aliphatic hydroxyl groups excluding tert-OH is 1. The molecule has 1 N–H and O–H groups in total. The Morgan fingerprint density at radius 1 is 1.25 bits per heavy atom. The molecule has 106 valence electrons. The first-order valence-electron chi connectivity index (χ1n) is 6.22. The maximum absolute atomic E-state index is 10.4. The second-order valence-electron chi connectivity index (χ2n) is 4.69. The van der Waals surface area contributed by atoms with Crippen molar-refractivity contribution >= 4 is 27.5 Å². The predicted octanol–water partition coefficient (Wildman–Crippen LogP) is 4.37. The third-order valence-electron chi connectivity index (χ3n) is 2.68. The molecule has 0 aliphatic carbocycles. The summed E-state index contributed by atoms with van der Waals surface area (Å²) in [6.45, 7) is 3.88. The van der Waals surface area contributed by atoms with Crippen molar-refractivity contribution in [1.82, 2.24) is 4.98 Å². The van der Waals surface area contributed by atoms with Gasteiger partial charge in [-0.25, -0.2) is 0 Å². The quantitative estimate of drug-likeness (QED) is 0.884. The Morgan fingerprint density at radius 3 is 2.65 bits per heavy atom. The Hall–Kier alpha value is -1.10. The van der Waals surface area contributed by atoms with Crippen molar-refractivity contribution in [3.8, 4) is 5.75 Å². The standard InChI is InChI=1S/C15H15BrClNO2/c1-9(2)20-12-5-10(7-18-8-12)15(19)13-4-3-11(16)6-14(13)17/h3-9,15,19H,1-2H3. The first-order chi connectivity index (χ1) is 9.47. The number of ether oxygens (including phenoxy) is 1. The molecule has 0 aliphatic rings. The van der Waals surface area contributed by atoms with Gasteiger partial charge in [0.05, 0.1) is 12.3 Å². The maximum atomic E-state index is 10.4. The largest absolute Gasteiger partial charge is 0.489 e. The molecular weight excluding hydrogens is 342 g/mol. The van der Waals surface area contributed by atoms with Crippen LogP contribution in [0, 0.1) is 0 Å². The number of hydrogen-bond acceptors (Lipinski definition) is 3. The number of rotatable bonds is 4. The SMILES string of the molecule is CC(C)Oc1cncc(C(O)c2ccc(Br)cc2Cl)c1. The van der Waals surface area contributed by atoms with E-state index >= 15 is 0 Å². The van der Waals surface area contributed by atoms with E-state index in [1.165, 1.54) is 0 Å². The highest BCUT2D eigenvalue weighted by molar-refractivity contribution is 9.10. The van der Waals surface area contributed by atoms with Gasteiger partial charge in [0.2, 0.25) is 0 Å². The fourth-order valence-corrected chi connectivity index (χ4v) is 2.60. The summed E-state index contributed by atoms with van der Waals surface area (Å²) in [4.78, 5) is 4.09. The van der Waals surface area contributed by atoms with Crippen molar-refractivity contribution in [2.45, 2.75) is 26.1 Å². The van der Waals surface area contributed by atoms with Gasteiger partial charge in [0, 0.05) is 26.8 Å². The topological polar surface area (TPSA) is 42.4 Å². The van der Waals surface area contributed by atoms with Crippen molar-refractivity contribution in [3.63, 3.8) is 0 Å². The van der Waals surface area contributed by atoms with E-state index in [1.807, 2.05) is 19.9 Å². The molecule has 1 atom stereocenters. The van der Waals surface area contributed by atoms with E-state index in [9.17, 15) is 5.11 Å². The Labute approximate surface area is 131 Å². The van der Waals surface area contributed by atoms with Gasteiger partial charge in [-0.3, -0.25) is 4.98 Å². The number of halogens is 2. The van der Waals surface area contributed by atoms with E-state index in [2.05, 4.69) is 20.9 Å². The Morgan fingerprint density at radius 2 is 2.00 bits per heavy atom. The van der Waals surface area contributed by atoms with Crippen LogP contribution in [-0.2, 0) is 0 Å². The van der Waals surface area contributed by atoms with Gasteiger partial charge in [-0.05, 0) is 32.0 Å². The second kappa shape index (κ2) is 6.57. The summed E-state index contributed by atoms with van der Waals surface area (Å²) in [5.41, 5.74) is 1.28. The van der Waals surface area contributed by atoms with Gasteiger partial charge in [-0.15, -0.1) is 0 Å². The molecule has 2 aromatic rings. The highest BCUT2D eigenvalue weighted by Gasteiger charge is 2.15. The molecule has 1 heterocycles. The summed E-state index contributed by atoms with van der Waals surface area (Å²) in [6.07, 6.45) is 2.45. The van der Waals surface area contributed by atoms with Crippen LogP contribution in [0.25, 0.3) is 0 Å². The van der Waals surface area contributed by atoms with Crippen molar-refractivity contribution in [2.24, 2.45) is 0 Å². The molecule has 0 spiro atoms. The lowest BCUT2D eigenvalue weighted by atomic mass is 10.0. The van der Waals surface area contributed by atoms with Crippen LogP contribution in [0.4, 0.5) is 0 Å². The molecule has 3 nitrogen and oxygen atoms in total. The summed E-state index contributed by atoms with van der Waals surface area (Å²) in [5.74, 6) is 0.629. The molecule has 5 heteroatoms. The van der Waals surface area contributed by atoms with Crippen LogP contribution in [0.3, 0.4) is 0 Å². The van der Waals surface area contributed by atoms with Crippen LogP contribution in [0.5, 0.6) is 5.75 Å². The van der Waals surface area contributed by atoms with Crippen molar-refractivity contribution in [1.29, 1.82) is 0 Å². The molecule has 0 bridgehead atoms. The van der Waals surface area contributed by atoms with Gasteiger partial charge >= 0.3 is 0 Å². The number of benzene rings is 1. The first kappa shape index (κ1) is 15.3. The molecule has 0 saturated heterocycles. The lowest BCUT2D eigenvalue weighted by molar-refractivity contribution is 0.215. The summed E-state index contributed by atoms with van der Waals surface area (Å²) in [6, 6.07) is 7.15. The molecule has 2 rings (SSSR count). The fourth-order valence-electron chi connectivity index (χ4n) is 1.82. The fraction of sp³-hybridized carbons (Fsp3) is 0.267. The Bertz CT molecular complexity index is 604. The van der Waals surface area contributed by atoms with Crippen LogP contribution in [-0.4, -0.2) is 16.2 Å². The number of hydrogen-bond donors (Lipinski definition) is 1. The van der Waals surface area contributed by atoms with Gasteiger partial charge in [0.1, 0.15) is 11.9 Å². The Balaban J connectivity index is 2.30. The molecule has 1 aromatic carbocycles. The minimum absolute atomic E-state index is 0.0560. The van der Waals surface area contributed by atoms with Gasteiger partial charge < -0.3 is 9.84 Å². The molecular formula is C15H15BrClNO2. The monoisotopic (exact) mass is 355 g/mol. The zero-order valence-electron chi connectivity index (χ0n) is 11.2. The predicted molar refractivity (Wildman–Crippen MR) is 83.2 cm³/mol. The summed E-state index contributed by atoms with van der Waals surface area (Å²) in [7, 11) is 0. The van der Waals surface area contributed by atoms with Crippen LogP contribution >= 0.6 is 27.5 Å². The van der Waals surface area contributed by atoms with E-state index in [0.717, 1.165) is 4.47 Å². The van der Waals surface area contributed by atoms with Gasteiger partial charge in [-0.2, -0.15) is 0 Å². The maximum Gasteiger partial charge on any atom is 0.138 e. The normalized spacial score (nSPS) is 12.5. The smallest absolute Gasteiger partial charge is 0.138 e. The van der Waals surface area contributed by atoms with Gasteiger partial charge in [0.25, 0.3) is 0 Å². The number of pyridine rings is 1. The van der Waals surface area contributed by atoms with Crippen LogP contribution < -0.4 is 4.74 Å².